The van der Waals surface area contributed by atoms with Gasteiger partial charge in [0.05, 0.1) is 0 Å². The lowest BCUT2D eigenvalue weighted by atomic mass is 9.84. The highest BCUT2D eigenvalue weighted by Crippen LogP contribution is 2.25. The molecule has 19 heavy (non-hydrogen) atoms. The second kappa shape index (κ2) is 5.97. The number of nitrogens with one attached hydrogen (secondary N) is 2. The highest BCUT2D eigenvalue weighted by Gasteiger charge is 2.24. The van der Waals surface area contributed by atoms with E-state index in [1.807, 2.05) is 13.8 Å². The maximum Gasteiger partial charge on any atom is 0.129 e. The van der Waals surface area contributed by atoms with Crippen molar-refractivity contribution in [2.45, 2.75) is 38.1 Å². The van der Waals surface area contributed by atoms with Crippen LogP contribution >= 0.6 is 0 Å². The Morgan fingerprint density at radius 1 is 1.37 bits per heavy atom. The van der Waals surface area contributed by atoms with Crippen molar-refractivity contribution in [3.8, 4) is 0 Å². The van der Waals surface area contributed by atoms with E-state index in [1.54, 1.807) is 6.07 Å². The predicted molar refractivity (Wildman–Crippen MR) is 73.3 cm³/mol. The van der Waals surface area contributed by atoms with E-state index in [-0.39, 0.29) is 5.41 Å². The van der Waals surface area contributed by atoms with Gasteiger partial charge in [-0.3, -0.25) is 0 Å². The van der Waals surface area contributed by atoms with Gasteiger partial charge in [-0.2, -0.15) is 0 Å². The summed E-state index contributed by atoms with van der Waals surface area (Å²) < 4.78 is 26.7. The second-order valence-corrected chi connectivity index (χ2v) is 5.93. The van der Waals surface area contributed by atoms with E-state index in [1.165, 1.54) is 18.9 Å². The molecular formula is C15H22F2N2. The molecule has 2 rings (SSSR count). The topological polar surface area (TPSA) is 24.1 Å². The Morgan fingerprint density at radius 3 is 2.79 bits per heavy atom. The first-order valence-electron chi connectivity index (χ1n) is 6.89. The lowest BCUT2D eigenvalue weighted by Crippen LogP contribution is -2.40. The Bertz CT molecular complexity index is 426. The predicted octanol–water partition coefficient (Wildman–Crippen LogP) is 2.58. The van der Waals surface area contributed by atoms with Crippen LogP contribution in [0.2, 0.25) is 0 Å². The largest absolute Gasteiger partial charge is 0.314 e. The average molecular weight is 268 g/mol. The van der Waals surface area contributed by atoms with Gasteiger partial charge in [0.1, 0.15) is 11.6 Å². The summed E-state index contributed by atoms with van der Waals surface area (Å²) in [6, 6.07) is 4.34. The van der Waals surface area contributed by atoms with E-state index in [2.05, 4.69) is 10.6 Å². The molecule has 0 spiro atoms. The number of halogens is 2. The molecular weight excluding hydrogens is 246 g/mol. The molecule has 1 aromatic carbocycles. The van der Waals surface area contributed by atoms with Crippen LogP contribution < -0.4 is 10.6 Å². The number of hydrogen-bond donors (Lipinski definition) is 2. The van der Waals surface area contributed by atoms with Crippen LogP contribution in [-0.2, 0) is 5.41 Å². The molecule has 2 nitrogen and oxygen atoms in total. The zero-order valence-electron chi connectivity index (χ0n) is 11.6. The molecule has 1 heterocycles. The van der Waals surface area contributed by atoms with Gasteiger partial charge in [-0.25, -0.2) is 8.78 Å². The van der Waals surface area contributed by atoms with E-state index >= 15 is 0 Å². The first-order chi connectivity index (χ1) is 8.99. The van der Waals surface area contributed by atoms with Crippen LogP contribution in [0.4, 0.5) is 8.78 Å². The minimum absolute atomic E-state index is 0.351. The van der Waals surface area contributed by atoms with Crippen molar-refractivity contribution in [3.05, 3.63) is 35.4 Å². The maximum absolute atomic E-state index is 13.8. The summed E-state index contributed by atoms with van der Waals surface area (Å²) in [6.45, 7) is 6.60. The standard InChI is InChI=1S/C15H22F2N2/c1-15(2,10-18-9-12-4-3-7-19-12)13-6-5-11(16)8-14(13)17/h5-6,8,12,18-19H,3-4,7,9-10H2,1-2H3. The van der Waals surface area contributed by atoms with Gasteiger partial charge in [-0.05, 0) is 31.0 Å². The molecule has 1 unspecified atom stereocenters. The third-order valence-electron chi connectivity index (χ3n) is 3.78. The molecule has 0 radical (unpaired) electrons. The van der Waals surface area contributed by atoms with Crippen LogP contribution in [0.25, 0.3) is 0 Å². The number of hydrogen-bond acceptors (Lipinski definition) is 2. The van der Waals surface area contributed by atoms with Crippen molar-refractivity contribution in [2.75, 3.05) is 19.6 Å². The van der Waals surface area contributed by atoms with E-state index < -0.39 is 11.6 Å². The van der Waals surface area contributed by atoms with Crippen molar-refractivity contribution < 1.29 is 8.78 Å². The van der Waals surface area contributed by atoms with Gasteiger partial charge in [-0.1, -0.05) is 19.9 Å². The second-order valence-electron chi connectivity index (χ2n) is 5.93. The third-order valence-corrected chi connectivity index (χ3v) is 3.78. The van der Waals surface area contributed by atoms with E-state index in [9.17, 15) is 8.78 Å². The van der Waals surface area contributed by atoms with Gasteiger partial charge in [0, 0.05) is 30.6 Å². The molecule has 1 atom stereocenters. The maximum atomic E-state index is 13.8. The monoisotopic (exact) mass is 268 g/mol. The van der Waals surface area contributed by atoms with Crippen LogP contribution in [-0.4, -0.2) is 25.7 Å². The van der Waals surface area contributed by atoms with Crippen LogP contribution in [0, 0.1) is 11.6 Å². The molecule has 1 saturated heterocycles. The molecule has 0 aromatic heterocycles. The van der Waals surface area contributed by atoms with E-state index in [0.717, 1.165) is 19.2 Å². The van der Waals surface area contributed by atoms with Crippen molar-refractivity contribution in [3.63, 3.8) is 0 Å². The van der Waals surface area contributed by atoms with E-state index in [0.29, 0.717) is 18.2 Å². The van der Waals surface area contributed by atoms with Gasteiger partial charge in [0.2, 0.25) is 0 Å². The molecule has 0 bridgehead atoms. The zero-order chi connectivity index (χ0) is 13.9. The fraction of sp³-hybridized carbons (Fsp3) is 0.600. The zero-order valence-corrected chi connectivity index (χ0v) is 11.6. The Hall–Kier alpha value is -1.00. The Morgan fingerprint density at radius 2 is 2.16 bits per heavy atom. The normalized spacial score (nSPS) is 19.9. The average Bonchev–Trinajstić information content (AvgIpc) is 2.81. The van der Waals surface area contributed by atoms with Crippen LogP contribution in [0.3, 0.4) is 0 Å². The lowest BCUT2D eigenvalue weighted by molar-refractivity contribution is 0.424. The summed E-state index contributed by atoms with van der Waals surface area (Å²) in [4.78, 5) is 0. The minimum atomic E-state index is -0.528. The fourth-order valence-corrected chi connectivity index (χ4v) is 2.62. The smallest absolute Gasteiger partial charge is 0.129 e. The molecule has 1 aliphatic rings. The summed E-state index contributed by atoms with van der Waals surface area (Å²) in [6.07, 6.45) is 2.42. The Balaban J connectivity index is 1.92. The molecule has 1 aliphatic heterocycles. The van der Waals surface area contributed by atoms with Crippen LogP contribution in [0.1, 0.15) is 32.3 Å². The van der Waals surface area contributed by atoms with Gasteiger partial charge in [0.15, 0.2) is 0 Å². The first-order valence-corrected chi connectivity index (χ1v) is 6.89. The van der Waals surface area contributed by atoms with Gasteiger partial charge in [0.25, 0.3) is 0 Å². The van der Waals surface area contributed by atoms with E-state index in [4.69, 9.17) is 0 Å². The van der Waals surface area contributed by atoms with Gasteiger partial charge >= 0.3 is 0 Å². The quantitative estimate of drug-likeness (QED) is 0.857. The summed E-state index contributed by atoms with van der Waals surface area (Å²) in [5.74, 6) is -0.994. The highest BCUT2D eigenvalue weighted by molar-refractivity contribution is 5.26. The van der Waals surface area contributed by atoms with Gasteiger partial charge < -0.3 is 10.6 Å². The molecule has 1 fully saturated rings. The first kappa shape index (κ1) is 14.4. The third kappa shape index (κ3) is 3.74. The summed E-state index contributed by atoms with van der Waals surface area (Å²) >= 11 is 0. The molecule has 1 aromatic rings. The van der Waals surface area contributed by atoms with Crippen molar-refractivity contribution in [2.24, 2.45) is 0 Å². The molecule has 0 amide bonds. The molecule has 4 heteroatoms. The Kier molecular flexibility index (Phi) is 4.53. The van der Waals surface area contributed by atoms with Crippen molar-refractivity contribution in [1.29, 1.82) is 0 Å². The molecule has 0 saturated carbocycles. The fourth-order valence-electron chi connectivity index (χ4n) is 2.62. The molecule has 0 aliphatic carbocycles. The summed E-state index contributed by atoms with van der Waals surface area (Å²) in [7, 11) is 0. The van der Waals surface area contributed by atoms with Gasteiger partial charge in [-0.15, -0.1) is 0 Å². The van der Waals surface area contributed by atoms with Crippen LogP contribution in [0.15, 0.2) is 18.2 Å². The number of benzene rings is 1. The minimum Gasteiger partial charge on any atom is -0.314 e. The molecule has 106 valence electrons. The van der Waals surface area contributed by atoms with Crippen LogP contribution in [0.5, 0.6) is 0 Å². The summed E-state index contributed by atoms with van der Waals surface area (Å²) in [5.41, 5.74) is 0.205. The summed E-state index contributed by atoms with van der Waals surface area (Å²) in [5, 5.41) is 6.80. The lowest BCUT2D eigenvalue weighted by Gasteiger charge is -2.27. The van der Waals surface area contributed by atoms with Crippen molar-refractivity contribution >= 4 is 0 Å². The number of rotatable bonds is 5. The Labute approximate surface area is 113 Å². The SMILES string of the molecule is CC(C)(CNCC1CCCN1)c1ccc(F)cc1F. The highest BCUT2D eigenvalue weighted by atomic mass is 19.1. The molecule has 2 N–H and O–H groups in total. The van der Waals surface area contributed by atoms with Crippen molar-refractivity contribution in [1.82, 2.24) is 10.6 Å².